The van der Waals surface area contributed by atoms with E-state index in [9.17, 15) is 4.79 Å². The molecule has 0 radical (unpaired) electrons. The molecule has 1 aromatic heterocycles. The van der Waals surface area contributed by atoms with Crippen LogP contribution in [0.4, 0.5) is 0 Å². The maximum atomic E-state index is 10.3. The summed E-state index contributed by atoms with van der Waals surface area (Å²) in [5.74, 6) is -0.343. The van der Waals surface area contributed by atoms with Crippen molar-refractivity contribution in [3.05, 3.63) is 24.2 Å². The predicted octanol–water partition coefficient (Wildman–Crippen LogP) is 1.27. The average Bonchev–Trinajstić information content (AvgIpc) is 2.51. The van der Waals surface area contributed by atoms with Crippen LogP contribution in [0.25, 0.3) is 0 Å². The molecule has 4 nitrogen and oxygen atoms in total. The highest BCUT2D eigenvalue weighted by molar-refractivity contribution is 5.71. The minimum atomic E-state index is -0.971. The number of furan rings is 1. The molecule has 66 valence electrons. The van der Waals surface area contributed by atoms with Crippen LogP contribution in [0.1, 0.15) is 12.7 Å². The minimum Gasteiger partial charge on any atom is -0.479 e. The van der Waals surface area contributed by atoms with Crippen molar-refractivity contribution in [2.45, 2.75) is 19.6 Å². The predicted molar refractivity (Wildman–Crippen MR) is 40.6 cm³/mol. The fourth-order valence-electron chi connectivity index (χ4n) is 0.673. The maximum absolute atomic E-state index is 10.3. The Hall–Kier alpha value is -1.29. The van der Waals surface area contributed by atoms with Gasteiger partial charge in [-0.25, -0.2) is 4.79 Å². The zero-order valence-electron chi connectivity index (χ0n) is 6.69. The van der Waals surface area contributed by atoms with Gasteiger partial charge in [-0.2, -0.15) is 0 Å². The molecule has 4 heteroatoms. The summed E-state index contributed by atoms with van der Waals surface area (Å²) < 4.78 is 9.90. The van der Waals surface area contributed by atoms with E-state index in [1.165, 1.54) is 13.2 Å². The minimum absolute atomic E-state index is 0.195. The second-order valence-electron chi connectivity index (χ2n) is 2.37. The summed E-state index contributed by atoms with van der Waals surface area (Å²) in [6, 6.07) is 3.46. The fourth-order valence-corrected chi connectivity index (χ4v) is 0.673. The van der Waals surface area contributed by atoms with Gasteiger partial charge in [-0.1, -0.05) is 0 Å². The number of carboxylic acid groups (broad SMARTS) is 1. The van der Waals surface area contributed by atoms with Gasteiger partial charge in [0, 0.05) is 0 Å². The summed E-state index contributed by atoms with van der Waals surface area (Å²) in [7, 11) is 0. The lowest BCUT2D eigenvalue weighted by atomic mass is 10.4. The SMILES string of the molecule is CC(OCc1ccco1)C(=O)O. The Kier molecular flexibility index (Phi) is 2.88. The normalized spacial score (nSPS) is 12.8. The Bertz CT molecular complexity index is 240. The summed E-state index contributed by atoms with van der Waals surface area (Å²) in [5.41, 5.74) is 0. The molecular formula is C8H10O4. The van der Waals surface area contributed by atoms with Crippen LogP contribution in [0.2, 0.25) is 0 Å². The van der Waals surface area contributed by atoms with Gasteiger partial charge in [0.25, 0.3) is 0 Å². The van der Waals surface area contributed by atoms with Gasteiger partial charge in [0.05, 0.1) is 6.26 Å². The lowest BCUT2D eigenvalue weighted by molar-refractivity contribution is -0.150. The third-order valence-corrected chi connectivity index (χ3v) is 1.40. The summed E-state index contributed by atoms with van der Waals surface area (Å²) >= 11 is 0. The van der Waals surface area contributed by atoms with Crippen LogP contribution in [0.5, 0.6) is 0 Å². The first kappa shape index (κ1) is 8.80. The van der Waals surface area contributed by atoms with Crippen LogP contribution in [0.3, 0.4) is 0 Å². The first-order chi connectivity index (χ1) is 5.70. The summed E-state index contributed by atoms with van der Waals surface area (Å²) in [5, 5.41) is 8.46. The number of hydrogen-bond donors (Lipinski definition) is 1. The molecule has 1 N–H and O–H groups in total. The quantitative estimate of drug-likeness (QED) is 0.739. The first-order valence-corrected chi connectivity index (χ1v) is 3.57. The van der Waals surface area contributed by atoms with Crippen molar-refractivity contribution in [3.8, 4) is 0 Å². The van der Waals surface area contributed by atoms with Crippen LogP contribution in [-0.2, 0) is 16.1 Å². The van der Waals surface area contributed by atoms with Gasteiger partial charge in [-0.05, 0) is 19.1 Å². The summed E-state index contributed by atoms with van der Waals surface area (Å²) in [6.07, 6.45) is 0.722. The van der Waals surface area contributed by atoms with Gasteiger partial charge >= 0.3 is 5.97 Å². The van der Waals surface area contributed by atoms with E-state index in [-0.39, 0.29) is 6.61 Å². The van der Waals surface area contributed by atoms with Crippen molar-refractivity contribution in [1.82, 2.24) is 0 Å². The molecule has 1 rings (SSSR count). The van der Waals surface area contributed by atoms with E-state index < -0.39 is 12.1 Å². The van der Waals surface area contributed by atoms with E-state index in [2.05, 4.69) is 0 Å². The van der Waals surface area contributed by atoms with E-state index in [1.807, 2.05) is 0 Å². The molecule has 1 atom stereocenters. The highest BCUT2D eigenvalue weighted by atomic mass is 16.5. The monoisotopic (exact) mass is 170 g/mol. The molecule has 0 aliphatic rings. The van der Waals surface area contributed by atoms with Gasteiger partial charge < -0.3 is 14.3 Å². The Labute approximate surface area is 69.8 Å². The van der Waals surface area contributed by atoms with Crippen molar-refractivity contribution >= 4 is 5.97 Å². The summed E-state index contributed by atoms with van der Waals surface area (Å²) in [4.78, 5) is 10.3. The molecule has 1 aromatic rings. The van der Waals surface area contributed by atoms with Crippen molar-refractivity contribution in [2.24, 2.45) is 0 Å². The molecular weight excluding hydrogens is 160 g/mol. The van der Waals surface area contributed by atoms with E-state index in [0.29, 0.717) is 5.76 Å². The van der Waals surface area contributed by atoms with Crippen LogP contribution in [0.15, 0.2) is 22.8 Å². The second-order valence-corrected chi connectivity index (χ2v) is 2.37. The molecule has 12 heavy (non-hydrogen) atoms. The van der Waals surface area contributed by atoms with E-state index in [1.54, 1.807) is 12.1 Å². The van der Waals surface area contributed by atoms with Crippen molar-refractivity contribution < 1.29 is 19.1 Å². The van der Waals surface area contributed by atoms with Gasteiger partial charge in [-0.15, -0.1) is 0 Å². The number of hydrogen-bond acceptors (Lipinski definition) is 3. The largest absolute Gasteiger partial charge is 0.479 e. The Balaban J connectivity index is 2.31. The van der Waals surface area contributed by atoms with Gasteiger partial charge in [-0.3, -0.25) is 0 Å². The molecule has 0 spiro atoms. The molecule has 1 heterocycles. The molecule has 1 unspecified atom stereocenters. The molecule has 0 aliphatic carbocycles. The van der Waals surface area contributed by atoms with Gasteiger partial charge in [0.15, 0.2) is 6.10 Å². The fraction of sp³-hybridized carbons (Fsp3) is 0.375. The molecule has 0 aromatic carbocycles. The first-order valence-electron chi connectivity index (χ1n) is 3.57. The zero-order valence-corrected chi connectivity index (χ0v) is 6.69. The zero-order chi connectivity index (χ0) is 8.97. The van der Waals surface area contributed by atoms with Crippen molar-refractivity contribution in [2.75, 3.05) is 0 Å². The Morgan fingerprint density at radius 2 is 2.58 bits per heavy atom. The molecule has 0 saturated carbocycles. The van der Waals surface area contributed by atoms with Gasteiger partial charge in [0.2, 0.25) is 0 Å². The van der Waals surface area contributed by atoms with Crippen LogP contribution in [0, 0.1) is 0 Å². The van der Waals surface area contributed by atoms with E-state index >= 15 is 0 Å². The molecule has 0 aliphatic heterocycles. The topological polar surface area (TPSA) is 59.7 Å². The lowest BCUT2D eigenvalue weighted by Gasteiger charge is -2.05. The number of ether oxygens (including phenoxy) is 1. The van der Waals surface area contributed by atoms with E-state index in [4.69, 9.17) is 14.3 Å². The maximum Gasteiger partial charge on any atom is 0.332 e. The second kappa shape index (κ2) is 3.92. The molecule has 0 amide bonds. The van der Waals surface area contributed by atoms with Gasteiger partial charge in [0.1, 0.15) is 12.4 Å². The number of rotatable bonds is 4. The number of carbonyl (C=O) groups is 1. The third kappa shape index (κ3) is 2.39. The van der Waals surface area contributed by atoms with E-state index in [0.717, 1.165) is 0 Å². The number of carboxylic acids is 1. The van der Waals surface area contributed by atoms with Crippen molar-refractivity contribution in [3.63, 3.8) is 0 Å². The Morgan fingerprint density at radius 3 is 3.08 bits per heavy atom. The van der Waals surface area contributed by atoms with Crippen LogP contribution >= 0.6 is 0 Å². The highest BCUT2D eigenvalue weighted by Crippen LogP contribution is 2.03. The molecule has 0 saturated heterocycles. The smallest absolute Gasteiger partial charge is 0.332 e. The Morgan fingerprint density at radius 1 is 1.83 bits per heavy atom. The number of aliphatic carboxylic acids is 1. The average molecular weight is 170 g/mol. The third-order valence-electron chi connectivity index (χ3n) is 1.40. The standard InChI is InChI=1S/C8H10O4/c1-6(8(9)10)12-5-7-3-2-4-11-7/h2-4,6H,5H2,1H3,(H,9,10). The highest BCUT2D eigenvalue weighted by Gasteiger charge is 2.11. The van der Waals surface area contributed by atoms with Crippen LogP contribution in [-0.4, -0.2) is 17.2 Å². The lowest BCUT2D eigenvalue weighted by Crippen LogP contribution is -2.19. The molecule has 0 fully saturated rings. The van der Waals surface area contributed by atoms with Crippen molar-refractivity contribution in [1.29, 1.82) is 0 Å². The summed E-state index contributed by atoms with van der Waals surface area (Å²) in [6.45, 7) is 1.67. The van der Waals surface area contributed by atoms with Crippen LogP contribution < -0.4 is 0 Å². The molecule has 0 bridgehead atoms.